The number of fused-ring (bicyclic) bond motifs is 1. The summed E-state index contributed by atoms with van der Waals surface area (Å²) in [5.74, 6) is -1.08. The molecule has 9 heteroatoms. The zero-order valence-corrected chi connectivity index (χ0v) is 15.6. The molecule has 0 aliphatic carbocycles. The summed E-state index contributed by atoms with van der Waals surface area (Å²) in [5, 5.41) is 13.7. The molecule has 2 amide bonds. The van der Waals surface area contributed by atoms with Gasteiger partial charge in [0.1, 0.15) is 17.1 Å². The number of carboxylic acid groups (broad SMARTS) is 1. The normalized spacial score (nSPS) is 23.3. The van der Waals surface area contributed by atoms with E-state index >= 15 is 0 Å². The van der Waals surface area contributed by atoms with Crippen LogP contribution in [-0.4, -0.2) is 49.4 Å². The lowest BCUT2D eigenvalue weighted by Gasteiger charge is -2.49. The van der Waals surface area contributed by atoms with Crippen molar-refractivity contribution < 1.29 is 19.5 Å². The zero-order chi connectivity index (χ0) is 16.6. The van der Waals surface area contributed by atoms with Crippen molar-refractivity contribution in [3.8, 4) is 0 Å². The molecule has 1 aromatic rings. The highest BCUT2D eigenvalue weighted by Crippen LogP contribution is 2.40. The van der Waals surface area contributed by atoms with E-state index < -0.39 is 12.0 Å². The van der Waals surface area contributed by atoms with Gasteiger partial charge in [-0.1, -0.05) is 28.7 Å². The van der Waals surface area contributed by atoms with Crippen LogP contribution in [0.5, 0.6) is 0 Å². The minimum atomic E-state index is -1.08. The van der Waals surface area contributed by atoms with E-state index in [1.54, 1.807) is 0 Å². The summed E-state index contributed by atoms with van der Waals surface area (Å²) in [7, 11) is 0. The van der Waals surface area contributed by atoms with E-state index in [9.17, 15) is 19.5 Å². The van der Waals surface area contributed by atoms with E-state index in [4.69, 9.17) is 0 Å². The summed E-state index contributed by atoms with van der Waals surface area (Å²) in [6.45, 7) is 0. The minimum absolute atomic E-state index is 0.0805. The average Bonchev–Trinajstić information content (AvgIpc) is 3.03. The number of carbonyl (C=O) groups excluding carboxylic acids is 2. The molecule has 1 aromatic heterocycles. The first-order valence-corrected chi connectivity index (χ1v) is 10.3. The molecule has 2 atom stereocenters. The summed E-state index contributed by atoms with van der Waals surface area (Å²) in [5.41, 5.74) is 0.827. The first-order valence-electron chi connectivity index (χ1n) is 6.80. The first kappa shape index (κ1) is 16.8. The number of carbonyl (C=O) groups is 3. The maximum absolute atomic E-state index is 12.3. The molecule has 1 fully saturated rings. The third-order valence-corrected chi connectivity index (χ3v) is 6.78. The fraction of sp³-hybridized carbons (Fsp3) is 0.357. The van der Waals surface area contributed by atoms with Crippen molar-refractivity contribution >= 4 is 63.5 Å². The number of amides is 2. The summed E-state index contributed by atoms with van der Waals surface area (Å²) in [6, 6.07) is 3.10. The van der Waals surface area contributed by atoms with Crippen LogP contribution >= 0.6 is 45.7 Å². The molecule has 2 aliphatic heterocycles. The Balaban J connectivity index is 1.69. The number of nitrogens with one attached hydrogen (secondary N) is 1. The van der Waals surface area contributed by atoms with Crippen LogP contribution in [0, 0.1) is 0 Å². The summed E-state index contributed by atoms with van der Waals surface area (Å²) >= 11 is 5.08. The molecule has 1 saturated heterocycles. The molecule has 0 radical (unpaired) electrons. The Hall–Kier alpha value is -1.07. The molecule has 0 aromatic carbocycles. The van der Waals surface area contributed by atoms with Crippen LogP contribution in [0.4, 0.5) is 0 Å². The van der Waals surface area contributed by atoms with E-state index in [1.807, 2.05) is 17.5 Å². The van der Waals surface area contributed by atoms with Crippen molar-refractivity contribution in [1.82, 2.24) is 10.2 Å². The van der Waals surface area contributed by atoms with Gasteiger partial charge in [0.25, 0.3) is 5.91 Å². The van der Waals surface area contributed by atoms with Crippen LogP contribution in [-0.2, 0) is 20.8 Å². The largest absolute Gasteiger partial charge is 0.477 e. The molecule has 23 heavy (non-hydrogen) atoms. The van der Waals surface area contributed by atoms with E-state index in [1.165, 1.54) is 28.0 Å². The summed E-state index contributed by atoms with van der Waals surface area (Å²) < 4.78 is 0.568. The second-order valence-corrected chi connectivity index (χ2v) is 8.00. The van der Waals surface area contributed by atoms with E-state index in [0.29, 0.717) is 10.2 Å². The number of halogens is 1. The Kier molecular flexibility index (Phi) is 4.97. The molecule has 2 unspecified atom stereocenters. The van der Waals surface area contributed by atoms with Crippen LogP contribution in [0.3, 0.4) is 0 Å². The van der Waals surface area contributed by atoms with Crippen LogP contribution in [0.1, 0.15) is 4.88 Å². The SMILES string of the molecule is O=C(Cc1cccs1)NC1C(=O)N2C(C(=O)O)=C(CI)CSC12. The van der Waals surface area contributed by atoms with Crippen molar-refractivity contribution in [2.45, 2.75) is 17.8 Å². The predicted octanol–water partition coefficient (Wildman–Crippen LogP) is 1.46. The number of thioether (sulfide) groups is 1. The molecule has 122 valence electrons. The van der Waals surface area contributed by atoms with Crippen molar-refractivity contribution in [3.05, 3.63) is 33.7 Å². The fourth-order valence-electron chi connectivity index (χ4n) is 2.58. The number of nitrogens with zero attached hydrogens (tertiary/aromatic N) is 1. The van der Waals surface area contributed by atoms with Gasteiger partial charge in [-0.05, 0) is 17.0 Å². The van der Waals surface area contributed by atoms with E-state index in [2.05, 4.69) is 27.9 Å². The number of thiophene rings is 1. The molecular weight excluding hydrogens is 451 g/mol. The van der Waals surface area contributed by atoms with Gasteiger partial charge in [-0.2, -0.15) is 0 Å². The van der Waals surface area contributed by atoms with E-state index in [0.717, 1.165) is 10.5 Å². The third-order valence-electron chi connectivity index (χ3n) is 3.64. The van der Waals surface area contributed by atoms with E-state index in [-0.39, 0.29) is 29.3 Å². The molecule has 3 heterocycles. The molecule has 0 bridgehead atoms. The maximum atomic E-state index is 12.3. The topological polar surface area (TPSA) is 86.7 Å². The van der Waals surface area contributed by atoms with Crippen molar-refractivity contribution in [3.63, 3.8) is 0 Å². The molecule has 0 spiro atoms. The monoisotopic (exact) mass is 464 g/mol. The Labute approximate surface area is 154 Å². The van der Waals surface area contributed by atoms with Crippen LogP contribution in [0.2, 0.25) is 0 Å². The number of hydrogen-bond donors (Lipinski definition) is 2. The third kappa shape index (κ3) is 3.13. The highest BCUT2D eigenvalue weighted by molar-refractivity contribution is 14.1. The smallest absolute Gasteiger partial charge is 0.352 e. The Bertz CT molecular complexity index is 689. The van der Waals surface area contributed by atoms with Gasteiger partial charge in [-0.15, -0.1) is 23.1 Å². The highest BCUT2D eigenvalue weighted by Gasteiger charge is 2.53. The van der Waals surface area contributed by atoms with Crippen LogP contribution < -0.4 is 5.32 Å². The molecule has 2 aliphatic rings. The summed E-state index contributed by atoms with van der Waals surface area (Å²) in [4.78, 5) is 38.1. The quantitative estimate of drug-likeness (QED) is 0.392. The molecule has 0 saturated carbocycles. The van der Waals surface area contributed by atoms with Gasteiger partial charge in [0, 0.05) is 15.1 Å². The number of aliphatic carboxylic acids is 1. The van der Waals surface area contributed by atoms with Gasteiger partial charge < -0.3 is 10.4 Å². The second kappa shape index (κ2) is 6.81. The van der Waals surface area contributed by atoms with Crippen LogP contribution in [0.15, 0.2) is 28.8 Å². The van der Waals surface area contributed by atoms with Crippen molar-refractivity contribution in [2.75, 3.05) is 10.2 Å². The standard InChI is InChI=1S/C14H13IN2O4S2/c15-5-7-6-23-13-10(12(19)17(13)11(7)14(20)21)16-9(18)4-8-2-1-3-22-8/h1-3,10,13H,4-6H2,(H,16,18)(H,20,21). The number of alkyl halides is 1. The first-order chi connectivity index (χ1) is 11.0. The van der Waals surface area contributed by atoms with Crippen molar-refractivity contribution in [1.29, 1.82) is 0 Å². The Morgan fingerprint density at radius 1 is 1.48 bits per heavy atom. The number of rotatable bonds is 5. The van der Waals surface area contributed by atoms with Crippen LogP contribution in [0.25, 0.3) is 0 Å². The highest BCUT2D eigenvalue weighted by atomic mass is 127. The molecule has 2 N–H and O–H groups in total. The maximum Gasteiger partial charge on any atom is 0.352 e. The number of β-lactam (4-membered cyclic amide) rings is 1. The second-order valence-electron chi connectivity index (χ2n) is 5.10. The van der Waals surface area contributed by atoms with Gasteiger partial charge in [0.05, 0.1) is 6.42 Å². The molecular formula is C14H13IN2O4S2. The number of hydrogen-bond acceptors (Lipinski definition) is 5. The van der Waals surface area contributed by atoms with Gasteiger partial charge in [-0.3, -0.25) is 14.5 Å². The Morgan fingerprint density at radius 3 is 2.87 bits per heavy atom. The number of carboxylic acids is 1. The summed E-state index contributed by atoms with van der Waals surface area (Å²) in [6.07, 6.45) is 0.236. The van der Waals surface area contributed by atoms with Gasteiger partial charge in [-0.25, -0.2) is 4.79 Å². The molecule has 3 rings (SSSR count). The lowest BCUT2D eigenvalue weighted by molar-refractivity contribution is -0.150. The fourth-order valence-corrected chi connectivity index (χ4v) is 5.63. The Morgan fingerprint density at radius 2 is 2.26 bits per heavy atom. The lowest BCUT2D eigenvalue weighted by atomic mass is 10.0. The molecule has 6 nitrogen and oxygen atoms in total. The van der Waals surface area contributed by atoms with Gasteiger partial charge in [0.15, 0.2) is 0 Å². The average molecular weight is 464 g/mol. The minimum Gasteiger partial charge on any atom is -0.477 e. The van der Waals surface area contributed by atoms with Gasteiger partial charge >= 0.3 is 5.97 Å². The van der Waals surface area contributed by atoms with Crippen molar-refractivity contribution in [2.24, 2.45) is 0 Å². The lowest BCUT2D eigenvalue weighted by Crippen LogP contribution is -2.70. The zero-order valence-electron chi connectivity index (χ0n) is 11.8. The predicted molar refractivity (Wildman–Crippen MR) is 96.6 cm³/mol. The van der Waals surface area contributed by atoms with Gasteiger partial charge in [0.2, 0.25) is 5.91 Å².